The second-order valence-corrected chi connectivity index (χ2v) is 3.67. The van der Waals surface area contributed by atoms with Gasteiger partial charge in [-0.2, -0.15) is 0 Å². The summed E-state index contributed by atoms with van der Waals surface area (Å²) in [6, 6.07) is 0. The van der Waals surface area contributed by atoms with Gasteiger partial charge in [-0.05, 0) is 19.9 Å². The highest BCUT2D eigenvalue weighted by Crippen LogP contribution is 2.06. The van der Waals surface area contributed by atoms with Gasteiger partial charge in [-0.1, -0.05) is 0 Å². The monoisotopic (exact) mass is 186 g/mol. The van der Waals surface area contributed by atoms with Crippen LogP contribution in [0.25, 0.3) is 0 Å². The van der Waals surface area contributed by atoms with Crippen molar-refractivity contribution in [3.05, 3.63) is 16.1 Å². The average Bonchev–Trinajstić information content (AvgIpc) is 2.45. The molecule has 3 nitrogen and oxygen atoms in total. The number of aliphatic hydroxyl groups excluding tert-OH is 1. The zero-order valence-electron chi connectivity index (χ0n) is 7.21. The van der Waals surface area contributed by atoms with Gasteiger partial charge in [0, 0.05) is 18.5 Å². The van der Waals surface area contributed by atoms with Crippen molar-refractivity contribution < 1.29 is 5.11 Å². The smallest absolute Gasteiger partial charge is 0.0897 e. The maximum atomic E-state index is 8.51. The highest BCUT2D eigenvalue weighted by molar-refractivity contribution is 7.09. The van der Waals surface area contributed by atoms with Gasteiger partial charge in [0.2, 0.25) is 0 Å². The van der Waals surface area contributed by atoms with Crippen molar-refractivity contribution >= 4 is 11.3 Å². The van der Waals surface area contributed by atoms with E-state index in [0.717, 1.165) is 30.2 Å². The van der Waals surface area contributed by atoms with Crippen LogP contribution in [0, 0.1) is 6.92 Å². The third-order valence-corrected chi connectivity index (χ3v) is 2.31. The van der Waals surface area contributed by atoms with Gasteiger partial charge < -0.3 is 10.4 Å². The van der Waals surface area contributed by atoms with Crippen molar-refractivity contribution in [1.29, 1.82) is 0 Å². The second-order valence-electron chi connectivity index (χ2n) is 2.61. The largest absolute Gasteiger partial charge is 0.396 e. The third-order valence-electron chi connectivity index (χ3n) is 1.48. The fourth-order valence-corrected chi connectivity index (χ4v) is 1.52. The summed E-state index contributed by atoms with van der Waals surface area (Å²) in [5.41, 5.74) is 1.09. The molecular weight excluding hydrogens is 172 g/mol. The van der Waals surface area contributed by atoms with Crippen molar-refractivity contribution in [2.24, 2.45) is 0 Å². The number of hydrogen-bond acceptors (Lipinski definition) is 4. The Hall–Kier alpha value is -0.450. The summed E-state index contributed by atoms with van der Waals surface area (Å²) < 4.78 is 0. The van der Waals surface area contributed by atoms with Gasteiger partial charge in [-0.3, -0.25) is 0 Å². The molecule has 1 heterocycles. The predicted molar refractivity (Wildman–Crippen MR) is 50.3 cm³/mol. The van der Waals surface area contributed by atoms with Gasteiger partial charge in [0.15, 0.2) is 0 Å². The Morgan fingerprint density at radius 2 is 2.50 bits per heavy atom. The number of rotatable bonds is 5. The lowest BCUT2D eigenvalue weighted by molar-refractivity contribution is 0.286. The molecule has 1 aromatic heterocycles. The standard InChI is InChI=1S/C8H14N2OS/c1-7-10-8(6-12-7)5-9-3-2-4-11/h6,9,11H,2-5H2,1H3. The topological polar surface area (TPSA) is 45.2 Å². The van der Waals surface area contributed by atoms with Gasteiger partial charge in [-0.15, -0.1) is 11.3 Å². The van der Waals surface area contributed by atoms with E-state index >= 15 is 0 Å². The van der Waals surface area contributed by atoms with Gasteiger partial charge in [0.1, 0.15) is 0 Å². The van der Waals surface area contributed by atoms with Crippen LogP contribution >= 0.6 is 11.3 Å². The van der Waals surface area contributed by atoms with E-state index in [1.807, 2.05) is 6.92 Å². The summed E-state index contributed by atoms with van der Waals surface area (Å²) in [6.45, 7) is 3.92. The lowest BCUT2D eigenvalue weighted by Gasteiger charge is -1.99. The quantitative estimate of drug-likeness (QED) is 0.672. The molecule has 0 aromatic carbocycles. The minimum absolute atomic E-state index is 0.253. The van der Waals surface area contributed by atoms with E-state index < -0.39 is 0 Å². The van der Waals surface area contributed by atoms with E-state index in [1.165, 1.54) is 0 Å². The second kappa shape index (κ2) is 5.24. The van der Waals surface area contributed by atoms with E-state index in [4.69, 9.17) is 5.11 Å². The molecule has 0 amide bonds. The van der Waals surface area contributed by atoms with Crippen molar-refractivity contribution in [3.63, 3.8) is 0 Å². The lowest BCUT2D eigenvalue weighted by Crippen LogP contribution is -2.15. The summed E-state index contributed by atoms with van der Waals surface area (Å²) in [7, 11) is 0. The molecule has 2 N–H and O–H groups in total. The normalized spacial score (nSPS) is 10.5. The van der Waals surface area contributed by atoms with Crippen molar-refractivity contribution in [3.8, 4) is 0 Å². The summed E-state index contributed by atoms with van der Waals surface area (Å²) in [4.78, 5) is 4.30. The molecule has 1 aromatic rings. The molecule has 0 unspecified atom stereocenters. The number of thiazole rings is 1. The Balaban J connectivity index is 2.15. The minimum atomic E-state index is 0.253. The van der Waals surface area contributed by atoms with Crippen LogP contribution in [0.1, 0.15) is 17.1 Å². The molecule has 0 spiro atoms. The zero-order chi connectivity index (χ0) is 8.81. The highest BCUT2D eigenvalue weighted by Gasteiger charge is 1.95. The van der Waals surface area contributed by atoms with E-state index in [0.29, 0.717) is 0 Å². The van der Waals surface area contributed by atoms with Crippen LogP contribution in [0.15, 0.2) is 5.38 Å². The third kappa shape index (κ3) is 3.30. The van der Waals surface area contributed by atoms with Gasteiger partial charge in [0.05, 0.1) is 10.7 Å². The molecule has 0 saturated carbocycles. The molecule has 0 bridgehead atoms. The highest BCUT2D eigenvalue weighted by atomic mass is 32.1. The molecule has 12 heavy (non-hydrogen) atoms. The zero-order valence-corrected chi connectivity index (χ0v) is 8.02. The minimum Gasteiger partial charge on any atom is -0.396 e. The molecular formula is C8H14N2OS. The molecule has 0 aliphatic carbocycles. The molecule has 0 fully saturated rings. The predicted octanol–water partition coefficient (Wildman–Crippen LogP) is 0.924. The van der Waals surface area contributed by atoms with Crippen LogP contribution in [0.5, 0.6) is 0 Å². The van der Waals surface area contributed by atoms with Crippen LogP contribution in [0.3, 0.4) is 0 Å². The number of hydrogen-bond donors (Lipinski definition) is 2. The molecule has 0 aliphatic heterocycles. The Bertz CT molecular complexity index is 225. The molecule has 0 saturated heterocycles. The maximum Gasteiger partial charge on any atom is 0.0897 e. The number of aryl methyl sites for hydroxylation is 1. The van der Waals surface area contributed by atoms with Crippen molar-refractivity contribution in [2.75, 3.05) is 13.2 Å². The van der Waals surface area contributed by atoms with E-state index in [1.54, 1.807) is 11.3 Å². The van der Waals surface area contributed by atoms with Crippen LogP contribution in [-0.2, 0) is 6.54 Å². The van der Waals surface area contributed by atoms with E-state index in [2.05, 4.69) is 15.7 Å². The van der Waals surface area contributed by atoms with Crippen LogP contribution < -0.4 is 5.32 Å². The molecule has 0 aliphatic rings. The molecule has 4 heteroatoms. The lowest BCUT2D eigenvalue weighted by atomic mass is 10.4. The van der Waals surface area contributed by atoms with Crippen LogP contribution in [-0.4, -0.2) is 23.2 Å². The average molecular weight is 186 g/mol. The van der Waals surface area contributed by atoms with Crippen LogP contribution in [0.2, 0.25) is 0 Å². The van der Waals surface area contributed by atoms with E-state index in [-0.39, 0.29) is 6.61 Å². The SMILES string of the molecule is Cc1nc(CNCCCO)cs1. The Morgan fingerprint density at radius 3 is 3.08 bits per heavy atom. The summed E-state index contributed by atoms with van der Waals surface area (Å²) in [5.74, 6) is 0. The molecule has 0 radical (unpaired) electrons. The summed E-state index contributed by atoms with van der Waals surface area (Å²) >= 11 is 1.67. The number of nitrogens with zero attached hydrogens (tertiary/aromatic N) is 1. The Labute approximate surface area is 76.5 Å². The first kappa shape index (κ1) is 9.64. The Kier molecular flexibility index (Phi) is 4.21. The first-order valence-electron chi connectivity index (χ1n) is 4.05. The first-order chi connectivity index (χ1) is 5.83. The van der Waals surface area contributed by atoms with E-state index in [9.17, 15) is 0 Å². The molecule has 1 rings (SSSR count). The Morgan fingerprint density at radius 1 is 1.67 bits per heavy atom. The van der Waals surface area contributed by atoms with Crippen LogP contribution in [0.4, 0.5) is 0 Å². The molecule has 68 valence electrons. The van der Waals surface area contributed by atoms with Crippen molar-refractivity contribution in [2.45, 2.75) is 19.9 Å². The fourth-order valence-electron chi connectivity index (χ4n) is 0.910. The summed E-state index contributed by atoms with van der Waals surface area (Å²) in [5, 5.41) is 14.9. The number of nitrogens with one attached hydrogen (secondary N) is 1. The van der Waals surface area contributed by atoms with Gasteiger partial charge >= 0.3 is 0 Å². The van der Waals surface area contributed by atoms with Gasteiger partial charge in [-0.25, -0.2) is 4.98 Å². The number of aromatic nitrogens is 1. The van der Waals surface area contributed by atoms with Gasteiger partial charge in [0.25, 0.3) is 0 Å². The molecule has 0 atom stereocenters. The summed E-state index contributed by atoms with van der Waals surface area (Å²) in [6.07, 6.45) is 0.809. The fraction of sp³-hybridized carbons (Fsp3) is 0.625. The first-order valence-corrected chi connectivity index (χ1v) is 4.93. The maximum absolute atomic E-state index is 8.51. The van der Waals surface area contributed by atoms with Crippen molar-refractivity contribution in [1.82, 2.24) is 10.3 Å². The number of aliphatic hydroxyl groups is 1.